The molecule has 0 saturated carbocycles. The monoisotopic (exact) mass is 373 g/mol. The van der Waals surface area contributed by atoms with E-state index in [9.17, 15) is 9.59 Å². The predicted molar refractivity (Wildman–Crippen MR) is 104 cm³/mol. The van der Waals surface area contributed by atoms with Gasteiger partial charge in [0.15, 0.2) is 0 Å². The number of amides is 2. The van der Waals surface area contributed by atoms with Gasteiger partial charge in [-0.25, -0.2) is 0 Å². The molecule has 0 spiro atoms. The highest BCUT2D eigenvalue weighted by molar-refractivity contribution is 5.78. The fraction of sp³-hybridized carbons (Fsp3) is 0.619. The standard InChI is InChI=1S/C21H31N3O3/c22-16-21(26)23-11-4-8-20(25)24-12-2-1-6-18(24)10-9-17-5-3-7-19(15-17)27-14-13-23/h3,5,7,15,18H,1-2,4,6,8-14,16,22H2. The molecule has 2 amide bonds. The molecule has 2 N–H and O–H groups in total. The Kier molecular flexibility index (Phi) is 7.10. The van der Waals surface area contributed by atoms with Gasteiger partial charge < -0.3 is 20.3 Å². The first-order valence-corrected chi connectivity index (χ1v) is 10.2. The van der Waals surface area contributed by atoms with E-state index in [4.69, 9.17) is 10.5 Å². The highest BCUT2D eigenvalue weighted by atomic mass is 16.5. The third-order valence-corrected chi connectivity index (χ3v) is 5.59. The molecule has 148 valence electrons. The lowest BCUT2D eigenvalue weighted by molar-refractivity contribution is -0.136. The summed E-state index contributed by atoms with van der Waals surface area (Å²) < 4.78 is 5.86. The van der Waals surface area contributed by atoms with Crippen molar-refractivity contribution in [3.63, 3.8) is 0 Å². The maximum Gasteiger partial charge on any atom is 0.236 e. The summed E-state index contributed by atoms with van der Waals surface area (Å²) in [6.45, 7) is 2.30. The molecule has 2 bridgehead atoms. The van der Waals surface area contributed by atoms with E-state index in [2.05, 4.69) is 17.0 Å². The third kappa shape index (κ3) is 5.45. The van der Waals surface area contributed by atoms with Crippen molar-refractivity contribution in [2.45, 2.75) is 51.0 Å². The highest BCUT2D eigenvalue weighted by Gasteiger charge is 2.26. The van der Waals surface area contributed by atoms with Crippen LogP contribution in [0.2, 0.25) is 0 Å². The van der Waals surface area contributed by atoms with Gasteiger partial charge in [-0.15, -0.1) is 0 Å². The van der Waals surface area contributed by atoms with Crippen LogP contribution >= 0.6 is 0 Å². The van der Waals surface area contributed by atoms with Crippen LogP contribution in [-0.2, 0) is 16.0 Å². The summed E-state index contributed by atoms with van der Waals surface area (Å²) in [5.41, 5.74) is 6.78. The number of benzene rings is 1. The number of ether oxygens (including phenoxy) is 1. The number of hydrogen-bond donors (Lipinski definition) is 1. The zero-order valence-electron chi connectivity index (χ0n) is 16.1. The first-order valence-electron chi connectivity index (χ1n) is 10.2. The van der Waals surface area contributed by atoms with E-state index < -0.39 is 0 Å². The van der Waals surface area contributed by atoms with Gasteiger partial charge in [-0.3, -0.25) is 9.59 Å². The summed E-state index contributed by atoms with van der Waals surface area (Å²) >= 11 is 0. The molecule has 6 heteroatoms. The van der Waals surface area contributed by atoms with E-state index in [1.807, 2.05) is 12.1 Å². The van der Waals surface area contributed by atoms with E-state index in [0.29, 0.717) is 38.6 Å². The molecule has 1 atom stereocenters. The van der Waals surface area contributed by atoms with E-state index in [0.717, 1.165) is 38.0 Å². The molecule has 1 aromatic carbocycles. The van der Waals surface area contributed by atoms with Crippen molar-refractivity contribution in [1.29, 1.82) is 0 Å². The maximum atomic E-state index is 12.8. The number of fused-ring (bicyclic) bond motifs is 3. The van der Waals surface area contributed by atoms with E-state index in [1.165, 1.54) is 12.0 Å². The Morgan fingerprint density at radius 3 is 2.85 bits per heavy atom. The van der Waals surface area contributed by atoms with Crippen molar-refractivity contribution in [2.24, 2.45) is 5.73 Å². The molecule has 1 aromatic rings. The summed E-state index contributed by atoms with van der Waals surface area (Å²) in [5.74, 6) is 0.957. The van der Waals surface area contributed by atoms with Gasteiger partial charge >= 0.3 is 0 Å². The number of aryl methyl sites for hydroxylation is 1. The Balaban J connectivity index is 1.75. The van der Waals surface area contributed by atoms with Crippen LogP contribution in [0.25, 0.3) is 0 Å². The first-order chi connectivity index (χ1) is 13.2. The van der Waals surface area contributed by atoms with Gasteiger partial charge in [-0.1, -0.05) is 12.1 Å². The number of hydrogen-bond acceptors (Lipinski definition) is 4. The minimum Gasteiger partial charge on any atom is -0.492 e. The van der Waals surface area contributed by atoms with E-state index >= 15 is 0 Å². The average Bonchev–Trinajstić information content (AvgIpc) is 2.70. The zero-order valence-corrected chi connectivity index (χ0v) is 16.1. The number of nitrogens with two attached hydrogens (primary N) is 1. The molecular formula is C21H31N3O3. The molecule has 0 radical (unpaired) electrons. The third-order valence-electron chi connectivity index (χ3n) is 5.59. The van der Waals surface area contributed by atoms with Gasteiger partial charge in [0.25, 0.3) is 0 Å². The van der Waals surface area contributed by atoms with Gasteiger partial charge in [-0.2, -0.15) is 0 Å². The molecule has 3 rings (SSSR count). The van der Waals surface area contributed by atoms with Crippen LogP contribution < -0.4 is 10.5 Å². The molecule has 0 aromatic heterocycles. The van der Waals surface area contributed by atoms with Crippen molar-refractivity contribution >= 4 is 11.8 Å². The van der Waals surface area contributed by atoms with E-state index in [-0.39, 0.29) is 18.4 Å². The van der Waals surface area contributed by atoms with Crippen molar-refractivity contribution in [1.82, 2.24) is 9.80 Å². The molecule has 2 aliphatic rings. The molecule has 1 saturated heterocycles. The molecule has 1 fully saturated rings. The van der Waals surface area contributed by atoms with E-state index in [1.54, 1.807) is 4.90 Å². The summed E-state index contributed by atoms with van der Waals surface area (Å²) in [7, 11) is 0. The second-order valence-corrected chi connectivity index (χ2v) is 7.46. The Bertz CT molecular complexity index is 649. The maximum absolute atomic E-state index is 12.8. The van der Waals surface area contributed by atoms with Crippen molar-refractivity contribution < 1.29 is 14.3 Å². The number of carbonyl (C=O) groups is 2. The van der Waals surface area contributed by atoms with Crippen LogP contribution in [0.5, 0.6) is 5.75 Å². The Morgan fingerprint density at radius 1 is 1.11 bits per heavy atom. The first kappa shape index (κ1) is 19.7. The molecule has 1 unspecified atom stereocenters. The highest BCUT2D eigenvalue weighted by Crippen LogP contribution is 2.24. The van der Waals surface area contributed by atoms with Crippen molar-refractivity contribution in [2.75, 3.05) is 32.8 Å². The quantitative estimate of drug-likeness (QED) is 0.816. The molecular weight excluding hydrogens is 342 g/mol. The molecule has 6 nitrogen and oxygen atoms in total. The van der Waals surface area contributed by atoms with Gasteiger partial charge in [0.2, 0.25) is 11.8 Å². The molecule has 0 aliphatic carbocycles. The second kappa shape index (κ2) is 9.74. The summed E-state index contributed by atoms with van der Waals surface area (Å²) in [6, 6.07) is 8.47. The molecule has 2 heterocycles. The van der Waals surface area contributed by atoms with Crippen molar-refractivity contribution in [3.8, 4) is 5.75 Å². The number of rotatable bonds is 1. The number of piperidine rings is 1. The lowest BCUT2D eigenvalue weighted by Crippen LogP contribution is -2.44. The fourth-order valence-corrected chi connectivity index (χ4v) is 4.08. The minimum absolute atomic E-state index is 0.0162. The van der Waals surface area contributed by atoms with Crippen LogP contribution in [0, 0.1) is 0 Å². The lowest BCUT2D eigenvalue weighted by Gasteiger charge is -2.36. The number of carbonyl (C=O) groups excluding carboxylic acids is 2. The van der Waals surface area contributed by atoms with Gasteiger partial charge in [0.05, 0.1) is 13.1 Å². The fourth-order valence-electron chi connectivity index (χ4n) is 4.08. The smallest absolute Gasteiger partial charge is 0.236 e. The largest absolute Gasteiger partial charge is 0.492 e. The van der Waals surface area contributed by atoms with Crippen LogP contribution in [0.4, 0.5) is 0 Å². The predicted octanol–water partition coefficient (Wildman–Crippen LogP) is 1.96. The SMILES string of the molecule is NCC(=O)N1CCCC(=O)N2CCCCC2CCc2cccc(c2)OCC1. The van der Waals surface area contributed by atoms with Crippen LogP contribution in [-0.4, -0.2) is 60.4 Å². The van der Waals surface area contributed by atoms with Crippen molar-refractivity contribution in [3.05, 3.63) is 29.8 Å². The topological polar surface area (TPSA) is 75.9 Å². The molecule has 27 heavy (non-hydrogen) atoms. The van der Waals surface area contributed by atoms with Gasteiger partial charge in [0.1, 0.15) is 12.4 Å². The van der Waals surface area contributed by atoms with Gasteiger partial charge in [0, 0.05) is 25.6 Å². The normalized spacial score (nSPS) is 22.3. The minimum atomic E-state index is -0.0973. The summed E-state index contributed by atoms with van der Waals surface area (Å²) in [4.78, 5) is 28.7. The van der Waals surface area contributed by atoms with Crippen LogP contribution in [0.3, 0.4) is 0 Å². The molecule has 2 aliphatic heterocycles. The second-order valence-electron chi connectivity index (χ2n) is 7.46. The summed E-state index contributed by atoms with van der Waals surface area (Å²) in [6.07, 6.45) is 6.46. The lowest BCUT2D eigenvalue weighted by atomic mass is 9.95. The summed E-state index contributed by atoms with van der Waals surface area (Å²) in [5, 5.41) is 0. The van der Waals surface area contributed by atoms with Gasteiger partial charge in [-0.05, 0) is 56.2 Å². The van der Waals surface area contributed by atoms with Crippen LogP contribution in [0.1, 0.15) is 44.1 Å². The Labute approximate surface area is 161 Å². The van der Waals surface area contributed by atoms with Crippen LogP contribution in [0.15, 0.2) is 24.3 Å². The zero-order chi connectivity index (χ0) is 19.1. The average molecular weight is 373 g/mol. The Hall–Kier alpha value is -2.08. The number of nitrogens with zero attached hydrogens (tertiary/aromatic N) is 2. The Morgan fingerprint density at radius 2 is 2.00 bits per heavy atom.